The fraction of sp³-hybridized carbons (Fsp3) is 0.105. The number of aromatic nitrogens is 2. The molecule has 0 saturated heterocycles. The number of nitrogens with zero attached hydrogens (tertiary/aromatic N) is 2. The summed E-state index contributed by atoms with van der Waals surface area (Å²) in [6.07, 6.45) is -4.62. The molecular formula is C19H13F4N3O2. The number of carbonyl (C=O) groups is 1. The van der Waals surface area contributed by atoms with Gasteiger partial charge < -0.3 is 10.1 Å². The molecule has 1 N–H and O–H groups in total. The SMILES string of the molecule is Cc1nc(Oc2ccc(NC(=O)c3ccccc3F)cc2)cc(C(F)(F)F)n1. The van der Waals surface area contributed by atoms with E-state index in [1.165, 1.54) is 55.5 Å². The Morgan fingerprint density at radius 3 is 2.36 bits per heavy atom. The lowest BCUT2D eigenvalue weighted by molar-refractivity contribution is -0.141. The van der Waals surface area contributed by atoms with Crippen molar-refractivity contribution in [3.8, 4) is 11.6 Å². The van der Waals surface area contributed by atoms with E-state index in [-0.39, 0.29) is 23.0 Å². The van der Waals surface area contributed by atoms with Crippen LogP contribution in [0.15, 0.2) is 54.6 Å². The lowest BCUT2D eigenvalue weighted by atomic mass is 10.2. The number of halogens is 4. The molecule has 3 aromatic rings. The predicted molar refractivity (Wildman–Crippen MR) is 92.6 cm³/mol. The maximum absolute atomic E-state index is 13.6. The first-order valence-corrected chi connectivity index (χ1v) is 7.99. The van der Waals surface area contributed by atoms with Gasteiger partial charge in [-0.3, -0.25) is 4.79 Å². The van der Waals surface area contributed by atoms with Crippen molar-refractivity contribution in [1.82, 2.24) is 9.97 Å². The van der Waals surface area contributed by atoms with Crippen LogP contribution in [-0.4, -0.2) is 15.9 Å². The van der Waals surface area contributed by atoms with Gasteiger partial charge in [-0.15, -0.1) is 0 Å². The molecule has 28 heavy (non-hydrogen) atoms. The molecule has 0 spiro atoms. The molecule has 0 aliphatic rings. The zero-order valence-corrected chi connectivity index (χ0v) is 14.4. The van der Waals surface area contributed by atoms with E-state index in [0.29, 0.717) is 11.8 Å². The topological polar surface area (TPSA) is 64.1 Å². The molecule has 1 aromatic heterocycles. The lowest BCUT2D eigenvalue weighted by Gasteiger charge is -2.10. The minimum Gasteiger partial charge on any atom is -0.439 e. The maximum Gasteiger partial charge on any atom is 0.433 e. The van der Waals surface area contributed by atoms with Crippen molar-refractivity contribution in [2.75, 3.05) is 5.32 Å². The highest BCUT2D eigenvalue weighted by Crippen LogP contribution is 2.31. The van der Waals surface area contributed by atoms with Crippen LogP contribution in [0.5, 0.6) is 11.6 Å². The van der Waals surface area contributed by atoms with Crippen molar-refractivity contribution in [3.05, 3.63) is 77.5 Å². The Morgan fingerprint density at radius 1 is 1.04 bits per heavy atom. The van der Waals surface area contributed by atoms with Crippen molar-refractivity contribution in [2.24, 2.45) is 0 Å². The molecule has 0 atom stereocenters. The fourth-order valence-corrected chi connectivity index (χ4v) is 2.31. The summed E-state index contributed by atoms with van der Waals surface area (Å²) in [6, 6.07) is 12.0. The van der Waals surface area contributed by atoms with Gasteiger partial charge in [0.2, 0.25) is 5.88 Å². The van der Waals surface area contributed by atoms with Crippen molar-refractivity contribution < 1.29 is 27.1 Å². The van der Waals surface area contributed by atoms with Crippen LogP contribution in [0.25, 0.3) is 0 Å². The number of amides is 1. The predicted octanol–water partition coefficient (Wildman–Crippen LogP) is 4.99. The molecule has 1 amide bonds. The van der Waals surface area contributed by atoms with E-state index in [9.17, 15) is 22.4 Å². The molecule has 0 fully saturated rings. The second kappa shape index (κ2) is 7.63. The molecule has 0 unspecified atom stereocenters. The molecule has 144 valence electrons. The summed E-state index contributed by atoms with van der Waals surface area (Å²) in [5.41, 5.74) is -0.863. The first-order valence-electron chi connectivity index (χ1n) is 7.99. The minimum atomic E-state index is -4.62. The summed E-state index contributed by atoms with van der Waals surface area (Å²) in [7, 11) is 0. The smallest absolute Gasteiger partial charge is 0.433 e. The molecule has 5 nitrogen and oxygen atoms in total. The van der Waals surface area contributed by atoms with Crippen LogP contribution in [0.3, 0.4) is 0 Å². The van der Waals surface area contributed by atoms with Gasteiger partial charge in [0.1, 0.15) is 17.4 Å². The van der Waals surface area contributed by atoms with Gasteiger partial charge in [-0.05, 0) is 43.3 Å². The summed E-state index contributed by atoms with van der Waals surface area (Å²) in [5, 5.41) is 2.52. The molecule has 0 saturated carbocycles. The van der Waals surface area contributed by atoms with Crippen LogP contribution in [0.2, 0.25) is 0 Å². The van der Waals surface area contributed by atoms with Crippen molar-refractivity contribution in [2.45, 2.75) is 13.1 Å². The quantitative estimate of drug-likeness (QED) is 0.637. The number of ether oxygens (including phenoxy) is 1. The summed E-state index contributed by atoms with van der Waals surface area (Å²) in [5.74, 6) is -1.43. The number of alkyl halides is 3. The number of hydrogen-bond donors (Lipinski definition) is 1. The molecule has 0 aliphatic carbocycles. The third-order valence-corrected chi connectivity index (χ3v) is 3.56. The Balaban J connectivity index is 1.72. The second-order valence-corrected chi connectivity index (χ2v) is 5.70. The number of nitrogens with one attached hydrogen (secondary N) is 1. The average molecular weight is 391 g/mol. The lowest BCUT2D eigenvalue weighted by Crippen LogP contribution is -2.13. The number of carbonyl (C=O) groups excluding carboxylic acids is 1. The van der Waals surface area contributed by atoms with Crippen LogP contribution in [0, 0.1) is 12.7 Å². The van der Waals surface area contributed by atoms with Gasteiger partial charge in [-0.25, -0.2) is 9.37 Å². The third-order valence-electron chi connectivity index (χ3n) is 3.56. The Morgan fingerprint density at radius 2 is 1.71 bits per heavy atom. The van der Waals surface area contributed by atoms with Gasteiger partial charge in [0.15, 0.2) is 5.69 Å². The van der Waals surface area contributed by atoms with E-state index < -0.39 is 23.6 Å². The number of rotatable bonds is 4. The standard InChI is InChI=1S/C19H13F4N3O2/c1-11-24-16(19(21,22)23)10-17(25-11)28-13-8-6-12(7-9-13)26-18(27)14-4-2-3-5-15(14)20/h2-10H,1H3,(H,26,27). The summed E-state index contributed by atoms with van der Waals surface area (Å²) >= 11 is 0. The molecule has 9 heteroatoms. The van der Waals surface area contributed by atoms with Gasteiger partial charge in [0.05, 0.1) is 5.56 Å². The molecule has 3 rings (SSSR count). The largest absolute Gasteiger partial charge is 0.439 e. The number of hydrogen-bond acceptors (Lipinski definition) is 4. The molecule has 1 heterocycles. The van der Waals surface area contributed by atoms with Crippen molar-refractivity contribution in [1.29, 1.82) is 0 Å². The fourth-order valence-electron chi connectivity index (χ4n) is 2.31. The highest BCUT2D eigenvalue weighted by atomic mass is 19.4. The van der Waals surface area contributed by atoms with Gasteiger partial charge >= 0.3 is 6.18 Å². The molecular weight excluding hydrogens is 378 g/mol. The zero-order valence-electron chi connectivity index (χ0n) is 14.4. The van der Waals surface area contributed by atoms with Crippen LogP contribution >= 0.6 is 0 Å². The van der Waals surface area contributed by atoms with Crippen molar-refractivity contribution >= 4 is 11.6 Å². The van der Waals surface area contributed by atoms with Gasteiger partial charge in [-0.2, -0.15) is 18.2 Å². The van der Waals surface area contributed by atoms with Crippen LogP contribution in [0.4, 0.5) is 23.2 Å². The minimum absolute atomic E-state index is 0.0846. The van der Waals surface area contributed by atoms with E-state index >= 15 is 0 Å². The monoisotopic (exact) mass is 391 g/mol. The van der Waals surface area contributed by atoms with Crippen LogP contribution in [-0.2, 0) is 6.18 Å². The van der Waals surface area contributed by atoms with E-state index in [1.54, 1.807) is 0 Å². The maximum atomic E-state index is 13.6. The number of aryl methyl sites for hydroxylation is 1. The van der Waals surface area contributed by atoms with Crippen LogP contribution < -0.4 is 10.1 Å². The zero-order chi connectivity index (χ0) is 20.3. The van der Waals surface area contributed by atoms with Crippen LogP contribution in [0.1, 0.15) is 21.9 Å². The summed E-state index contributed by atoms with van der Waals surface area (Å²) in [4.78, 5) is 19.2. The van der Waals surface area contributed by atoms with Crippen molar-refractivity contribution in [3.63, 3.8) is 0 Å². The van der Waals surface area contributed by atoms with E-state index in [4.69, 9.17) is 4.74 Å². The Kier molecular flexibility index (Phi) is 5.25. The molecule has 2 aromatic carbocycles. The highest BCUT2D eigenvalue weighted by molar-refractivity contribution is 6.04. The van der Waals surface area contributed by atoms with Gasteiger partial charge in [-0.1, -0.05) is 12.1 Å². The Bertz CT molecular complexity index is 1000. The van der Waals surface area contributed by atoms with Gasteiger partial charge in [0, 0.05) is 11.8 Å². The Labute approximate surface area is 157 Å². The summed E-state index contributed by atoms with van der Waals surface area (Å²) in [6.45, 7) is 1.32. The normalized spacial score (nSPS) is 11.2. The number of anilines is 1. The van der Waals surface area contributed by atoms with E-state index in [2.05, 4.69) is 15.3 Å². The molecule has 0 radical (unpaired) electrons. The average Bonchev–Trinajstić information content (AvgIpc) is 2.62. The van der Waals surface area contributed by atoms with Gasteiger partial charge in [0.25, 0.3) is 5.91 Å². The second-order valence-electron chi connectivity index (χ2n) is 5.70. The molecule has 0 bridgehead atoms. The third kappa shape index (κ3) is 4.61. The molecule has 0 aliphatic heterocycles. The first-order chi connectivity index (χ1) is 13.2. The first kappa shape index (κ1) is 19.3. The Hall–Kier alpha value is -3.49. The van der Waals surface area contributed by atoms with E-state index in [0.717, 1.165) is 0 Å². The summed E-state index contributed by atoms with van der Waals surface area (Å²) < 4.78 is 57.4. The number of benzene rings is 2. The highest BCUT2D eigenvalue weighted by Gasteiger charge is 2.33. The van der Waals surface area contributed by atoms with E-state index in [1.807, 2.05) is 0 Å².